The quantitative estimate of drug-likeness (QED) is 0.694. The molecule has 88 valence electrons. The van der Waals surface area contributed by atoms with Crippen molar-refractivity contribution in [2.24, 2.45) is 5.41 Å². The second kappa shape index (κ2) is 3.82. The van der Waals surface area contributed by atoms with Gasteiger partial charge in [0.15, 0.2) is 0 Å². The lowest BCUT2D eigenvalue weighted by Gasteiger charge is -2.27. The van der Waals surface area contributed by atoms with Gasteiger partial charge in [0.1, 0.15) is 0 Å². The molecule has 1 heterocycles. The lowest BCUT2D eigenvalue weighted by atomic mass is 9.96. The summed E-state index contributed by atoms with van der Waals surface area (Å²) in [5, 5.41) is 2.10. The van der Waals surface area contributed by atoms with Gasteiger partial charge in [-0.3, -0.25) is 5.01 Å². The topological polar surface area (TPSA) is 53.3 Å². The number of nitrogen functional groups attached to an aromatic ring is 1. The van der Waals surface area contributed by atoms with Crippen LogP contribution in [0.3, 0.4) is 0 Å². The first-order valence-corrected chi connectivity index (χ1v) is 6.05. The molecule has 16 heavy (non-hydrogen) atoms. The molecule has 1 aliphatic heterocycles. The summed E-state index contributed by atoms with van der Waals surface area (Å²) < 4.78 is 0.911. The largest absolute Gasteiger partial charge is 0.398 e. The number of halogens is 1. The van der Waals surface area contributed by atoms with Crippen LogP contribution in [-0.2, 0) is 0 Å². The molecule has 0 spiro atoms. The van der Waals surface area contributed by atoms with E-state index in [2.05, 4.69) is 52.7 Å². The molecule has 0 aromatic heterocycles. The highest BCUT2D eigenvalue weighted by molar-refractivity contribution is 9.10. The second-order valence-corrected chi connectivity index (χ2v) is 6.04. The van der Waals surface area contributed by atoms with E-state index in [1.54, 1.807) is 0 Å². The van der Waals surface area contributed by atoms with Gasteiger partial charge in [-0.2, -0.15) is 0 Å². The fourth-order valence-electron chi connectivity index (χ4n) is 1.71. The summed E-state index contributed by atoms with van der Waals surface area (Å²) in [7, 11) is 0. The molecule has 0 radical (unpaired) electrons. The SMILES string of the molecule is CC(C)(C)CN1NNc2c1ccc(N)c2Br. The maximum absolute atomic E-state index is 5.83. The third-order valence-corrected chi connectivity index (χ3v) is 3.24. The van der Waals surface area contributed by atoms with Crippen molar-refractivity contribution in [3.8, 4) is 0 Å². The summed E-state index contributed by atoms with van der Waals surface area (Å²) >= 11 is 3.48. The van der Waals surface area contributed by atoms with Crippen molar-refractivity contribution in [3.05, 3.63) is 16.6 Å². The smallest absolute Gasteiger partial charge is 0.0916 e. The molecule has 0 unspecified atom stereocenters. The molecule has 2 rings (SSSR count). The summed E-state index contributed by atoms with van der Waals surface area (Å²) in [6.45, 7) is 7.54. The van der Waals surface area contributed by atoms with Gasteiger partial charge < -0.3 is 11.2 Å². The molecule has 0 aliphatic carbocycles. The Bertz CT molecular complexity index is 411. The van der Waals surface area contributed by atoms with E-state index in [-0.39, 0.29) is 5.41 Å². The van der Waals surface area contributed by atoms with E-state index in [0.717, 1.165) is 28.1 Å². The number of nitrogens with one attached hydrogen (secondary N) is 2. The average Bonchev–Trinajstić information content (AvgIpc) is 2.53. The minimum atomic E-state index is 0.226. The molecule has 0 saturated heterocycles. The Morgan fingerprint density at radius 2 is 2.06 bits per heavy atom. The zero-order valence-electron chi connectivity index (χ0n) is 9.76. The molecule has 0 atom stereocenters. The van der Waals surface area contributed by atoms with E-state index >= 15 is 0 Å². The highest BCUT2D eigenvalue weighted by atomic mass is 79.9. The number of benzene rings is 1. The van der Waals surface area contributed by atoms with Gasteiger partial charge in [0, 0.05) is 12.2 Å². The molecular formula is C11H17BrN4. The number of hydrogen-bond acceptors (Lipinski definition) is 4. The summed E-state index contributed by atoms with van der Waals surface area (Å²) in [5.74, 6) is 0. The molecule has 0 amide bonds. The molecule has 0 bridgehead atoms. The van der Waals surface area contributed by atoms with Crippen LogP contribution in [0.2, 0.25) is 0 Å². The highest BCUT2D eigenvalue weighted by Gasteiger charge is 2.25. The van der Waals surface area contributed by atoms with Crippen LogP contribution in [0.5, 0.6) is 0 Å². The van der Waals surface area contributed by atoms with Crippen LogP contribution in [-0.4, -0.2) is 6.54 Å². The maximum Gasteiger partial charge on any atom is 0.0916 e. The van der Waals surface area contributed by atoms with Crippen molar-refractivity contribution < 1.29 is 0 Å². The van der Waals surface area contributed by atoms with E-state index in [9.17, 15) is 0 Å². The van der Waals surface area contributed by atoms with Gasteiger partial charge in [-0.15, -0.1) is 5.53 Å². The summed E-state index contributed by atoms with van der Waals surface area (Å²) in [4.78, 5) is 0. The molecule has 1 aromatic rings. The van der Waals surface area contributed by atoms with E-state index in [4.69, 9.17) is 5.73 Å². The van der Waals surface area contributed by atoms with Gasteiger partial charge in [0.05, 0.1) is 15.8 Å². The van der Waals surface area contributed by atoms with Crippen LogP contribution in [0.25, 0.3) is 0 Å². The fourth-order valence-corrected chi connectivity index (χ4v) is 2.14. The van der Waals surface area contributed by atoms with Crippen molar-refractivity contribution in [2.75, 3.05) is 22.7 Å². The van der Waals surface area contributed by atoms with Gasteiger partial charge in [-0.25, -0.2) is 0 Å². The van der Waals surface area contributed by atoms with Gasteiger partial charge in [-0.05, 0) is 33.5 Å². The van der Waals surface area contributed by atoms with Crippen molar-refractivity contribution in [2.45, 2.75) is 20.8 Å². The molecule has 1 aliphatic rings. The Labute approximate surface area is 104 Å². The summed E-state index contributed by atoms with van der Waals surface area (Å²) in [6, 6.07) is 3.93. The number of anilines is 3. The molecular weight excluding hydrogens is 268 g/mol. The molecule has 0 saturated carbocycles. The monoisotopic (exact) mass is 284 g/mol. The Balaban J connectivity index is 2.31. The molecule has 4 nitrogen and oxygen atoms in total. The van der Waals surface area contributed by atoms with E-state index in [1.165, 1.54) is 0 Å². The first kappa shape index (κ1) is 11.5. The zero-order chi connectivity index (χ0) is 11.9. The third kappa shape index (κ3) is 2.10. The van der Waals surface area contributed by atoms with Crippen molar-refractivity contribution in [1.29, 1.82) is 0 Å². The van der Waals surface area contributed by atoms with Crippen LogP contribution in [0.1, 0.15) is 20.8 Å². The molecule has 4 N–H and O–H groups in total. The fraction of sp³-hybridized carbons (Fsp3) is 0.455. The minimum Gasteiger partial charge on any atom is -0.398 e. The lowest BCUT2D eigenvalue weighted by Crippen LogP contribution is -2.41. The lowest BCUT2D eigenvalue weighted by molar-refractivity contribution is 0.400. The van der Waals surface area contributed by atoms with E-state index in [1.807, 2.05) is 12.1 Å². The van der Waals surface area contributed by atoms with Crippen LogP contribution >= 0.6 is 15.9 Å². The molecule has 0 fully saturated rings. The van der Waals surface area contributed by atoms with E-state index < -0.39 is 0 Å². The summed E-state index contributed by atoms with van der Waals surface area (Å²) in [6.07, 6.45) is 0. The Hall–Kier alpha value is -0.940. The highest BCUT2D eigenvalue weighted by Crippen LogP contribution is 2.40. The number of nitrogens with zero attached hydrogens (tertiary/aromatic N) is 1. The standard InChI is InChI=1S/C11H17BrN4/c1-11(2,3)6-16-8-5-4-7(13)9(12)10(8)14-15-16/h4-5,14-15H,6,13H2,1-3H3. The van der Waals surface area contributed by atoms with Crippen LogP contribution in [0.15, 0.2) is 16.6 Å². The molecule has 1 aromatic carbocycles. The predicted octanol–water partition coefficient (Wildman–Crippen LogP) is 2.73. The Morgan fingerprint density at radius 1 is 1.38 bits per heavy atom. The van der Waals surface area contributed by atoms with Crippen molar-refractivity contribution >= 4 is 33.0 Å². The van der Waals surface area contributed by atoms with Crippen molar-refractivity contribution in [1.82, 2.24) is 5.53 Å². The third-order valence-electron chi connectivity index (χ3n) is 2.39. The van der Waals surface area contributed by atoms with Gasteiger partial charge in [0.2, 0.25) is 0 Å². The van der Waals surface area contributed by atoms with Crippen LogP contribution in [0.4, 0.5) is 17.1 Å². The number of nitrogens with two attached hydrogens (primary N) is 1. The number of fused-ring (bicyclic) bond motifs is 1. The van der Waals surface area contributed by atoms with Gasteiger partial charge >= 0.3 is 0 Å². The zero-order valence-corrected chi connectivity index (χ0v) is 11.4. The number of hydrazine groups is 2. The van der Waals surface area contributed by atoms with E-state index in [0.29, 0.717) is 0 Å². The predicted molar refractivity (Wildman–Crippen MR) is 72.1 cm³/mol. The Morgan fingerprint density at radius 3 is 2.69 bits per heavy atom. The van der Waals surface area contributed by atoms with Gasteiger partial charge in [0.25, 0.3) is 0 Å². The maximum atomic E-state index is 5.83. The number of rotatable bonds is 1. The second-order valence-electron chi connectivity index (χ2n) is 5.25. The van der Waals surface area contributed by atoms with Crippen LogP contribution < -0.4 is 21.7 Å². The Kier molecular flexibility index (Phi) is 2.75. The number of hydrogen-bond donors (Lipinski definition) is 3. The van der Waals surface area contributed by atoms with Crippen molar-refractivity contribution in [3.63, 3.8) is 0 Å². The first-order valence-electron chi connectivity index (χ1n) is 5.26. The molecule has 5 heteroatoms. The van der Waals surface area contributed by atoms with Crippen LogP contribution in [0, 0.1) is 5.41 Å². The summed E-state index contributed by atoms with van der Waals surface area (Å²) in [5.41, 5.74) is 15.2. The van der Waals surface area contributed by atoms with Gasteiger partial charge in [-0.1, -0.05) is 20.8 Å². The minimum absolute atomic E-state index is 0.226. The normalized spacial score (nSPS) is 14.9. The first-order chi connectivity index (χ1) is 7.38. The average molecular weight is 285 g/mol.